The molecule has 1 heterocycles. The zero-order valence-electron chi connectivity index (χ0n) is 10.7. The van der Waals surface area contributed by atoms with E-state index >= 15 is 0 Å². The van der Waals surface area contributed by atoms with Crippen molar-refractivity contribution in [2.45, 2.75) is 13.5 Å². The van der Waals surface area contributed by atoms with Gasteiger partial charge >= 0.3 is 11.7 Å². The fraction of sp³-hybridized carbons (Fsp3) is 0.250. The molecule has 0 saturated carbocycles. The Morgan fingerprint density at radius 3 is 2.63 bits per heavy atom. The van der Waals surface area contributed by atoms with Crippen LogP contribution in [0.3, 0.4) is 0 Å². The summed E-state index contributed by atoms with van der Waals surface area (Å²) in [5.41, 5.74) is 0.500. The monoisotopic (exact) mass is 278 g/mol. The molecule has 0 radical (unpaired) electrons. The second-order valence-electron chi connectivity index (χ2n) is 3.69. The molecule has 0 unspecified atom stereocenters. The lowest BCUT2D eigenvalue weighted by Gasteiger charge is -1.99. The van der Waals surface area contributed by atoms with E-state index in [1.165, 1.54) is 11.6 Å². The third-order valence-electron chi connectivity index (χ3n) is 2.50. The molecule has 19 heavy (non-hydrogen) atoms. The van der Waals surface area contributed by atoms with Crippen molar-refractivity contribution in [3.63, 3.8) is 0 Å². The summed E-state index contributed by atoms with van der Waals surface area (Å²) in [7, 11) is 1.50. The molecule has 0 saturated heterocycles. The number of carbonyl (C=O) groups is 1. The normalized spacial score (nSPS) is 11.6. The van der Waals surface area contributed by atoms with Crippen LogP contribution in [0.5, 0.6) is 0 Å². The van der Waals surface area contributed by atoms with Crippen LogP contribution in [0.1, 0.15) is 6.92 Å². The average Bonchev–Trinajstić information content (AvgIpc) is 2.75. The topological polar surface area (TPSA) is 68.4 Å². The predicted molar refractivity (Wildman–Crippen MR) is 73.6 cm³/mol. The Bertz CT molecular complexity index is 697. The Hall–Kier alpha value is -2.15. The predicted octanol–water partition coefficient (Wildman–Crippen LogP) is 0.960. The maximum Gasteiger partial charge on any atom is 0.344 e. The zero-order valence-corrected chi connectivity index (χ0v) is 11.5. The van der Waals surface area contributed by atoms with Gasteiger partial charge in [-0.15, -0.1) is 0 Å². The van der Waals surface area contributed by atoms with Crippen LogP contribution >= 0.6 is 11.5 Å². The molecule has 2 amide bonds. The first-order valence-electron chi connectivity index (χ1n) is 5.82. The minimum Gasteiger partial charge on any atom is -0.339 e. The van der Waals surface area contributed by atoms with Gasteiger partial charge in [0, 0.05) is 13.6 Å². The van der Waals surface area contributed by atoms with Crippen LogP contribution in [0.15, 0.2) is 40.1 Å². The molecule has 1 aromatic heterocycles. The van der Waals surface area contributed by atoms with Gasteiger partial charge in [0.05, 0.1) is 5.69 Å². The number of aromatic nitrogens is 2. The van der Waals surface area contributed by atoms with E-state index in [1.54, 1.807) is 16.1 Å². The van der Waals surface area contributed by atoms with Gasteiger partial charge in [-0.3, -0.25) is 0 Å². The molecule has 2 aromatic rings. The number of nitrogens with one attached hydrogen (secondary N) is 1. The molecule has 7 heteroatoms. The van der Waals surface area contributed by atoms with Crippen LogP contribution in [0.25, 0.3) is 5.69 Å². The van der Waals surface area contributed by atoms with E-state index in [0.717, 1.165) is 11.5 Å². The molecule has 100 valence electrons. The first kappa shape index (κ1) is 13.3. The number of urea groups is 1. The molecule has 0 bridgehead atoms. The molecule has 6 nitrogen and oxygen atoms in total. The van der Waals surface area contributed by atoms with Crippen molar-refractivity contribution in [2.24, 2.45) is 4.99 Å². The minimum absolute atomic E-state index is 0.193. The number of nitrogens with zero attached hydrogens (tertiary/aromatic N) is 3. The van der Waals surface area contributed by atoms with E-state index in [0.29, 0.717) is 17.0 Å². The number of carbonyl (C=O) groups excluding carboxylic acids is 1. The number of para-hydroxylation sites is 1. The van der Waals surface area contributed by atoms with Gasteiger partial charge in [0.25, 0.3) is 0 Å². The molecule has 1 N–H and O–H groups in total. The standard InChI is InChI=1S/C12H14N4O2S/c1-3-15-12(18)16(9-7-5-4-6-8-9)11(19-15)14-10(17)13-2/h4-8H,3H2,1-2H3,(H,13,17)/b14-11-. The number of hydrogen-bond donors (Lipinski definition) is 1. The quantitative estimate of drug-likeness (QED) is 0.889. The van der Waals surface area contributed by atoms with Gasteiger partial charge in [-0.2, -0.15) is 4.99 Å². The highest BCUT2D eigenvalue weighted by molar-refractivity contribution is 7.03. The highest BCUT2D eigenvalue weighted by atomic mass is 32.1. The molecular weight excluding hydrogens is 264 g/mol. The Kier molecular flexibility index (Phi) is 3.96. The van der Waals surface area contributed by atoms with Crippen LogP contribution in [-0.4, -0.2) is 21.6 Å². The fourth-order valence-electron chi connectivity index (χ4n) is 1.58. The summed E-state index contributed by atoms with van der Waals surface area (Å²) in [5, 5.41) is 2.42. The third-order valence-corrected chi connectivity index (χ3v) is 3.57. The van der Waals surface area contributed by atoms with Gasteiger partial charge in [-0.05, 0) is 30.6 Å². The molecular formula is C12H14N4O2S. The van der Waals surface area contributed by atoms with Gasteiger partial charge in [-0.1, -0.05) is 18.2 Å². The lowest BCUT2D eigenvalue weighted by molar-refractivity contribution is 0.250. The van der Waals surface area contributed by atoms with Crippen molar-refractivity contribution in [3.05, 3.63) is 45.6 Å². The Balaban J connectivity index is 2.72. The van der Waals surface area contributed by atoms with Crippen molar-refractivity contribution >= 4 is 17.6 Å². The van der Waals surface area contributed by atoms with E-state index in [4.69, 9.17) is 0 Å². The van der Waals surface area contributed by atoms with Crippen LogP contribution in [0, 0.1) is 0 Å². The third kappa shape index (κ3) is 2.65. The summed E-state index contributed by atoms with van der Waals surface area (Å²) in [5.74, 6) is 0. The Labute approximate surface area is 113 Å². The molecule has 0 aliphatic rings. The number of benzene rings is 1. The van der Waals surface area contributed by atoms with Crippen molar-refractivity contribution in [1.29, 1.82) is 0 Å². The largest absolute Gasteiger partial charge is 0.344 e. The zero-order chi connectivity index (χ0) is 13.8. The van der Waals surface area contributed by atoms with Gasteiger partial charge in [-0.25, -0.2) is 18.1 Å². The van der Waals surface area contributed by atoms with Crippen molar-refractivity contribution in [2.75, 3.05) is 7.05 Å². The molecule has 1 aromatic carbocycles. The van der Waals surface area contributed by atoms with E-state index in [-0.39, 0.29) is 5.69 Å². The van der Waals surface area contributed by atoms with Gasteiger partial charge in [0.2, 0.25) is 4.80 Å². The lowest BCUT2D eigenvalue weighted by Crippen LogP contribution is -2.29. The van der Waals surface area contributed by atoms with Gasteiger partial charge in [0.15, 0.2) is 0 Å². The highest BCUT2D eigenvalue weighted by Crippen LogP contribution is 2.02. The second kappa shape index (κ2) is 5.66. The van der Waals surface area contributed by atoms with Gasteiger partial charge < -0.3 is 5.32 Å². The molecule has 0 aliphatic heterocycles. The lowest BCUT2D eigenvalue weighted by atomic mass is 10.3. The SMILES string of the molecule is CCn1s/c(=N\C(=O)NC)n(-c2ccccc2)c1=O. The van der Waals surface area contributed by atoms with Crippen LogP contribution in [0.4, 0.5) is 4.79 Å². The number of amides is 2. The van der Waals surface area contributed by atoms with Crippen molar-refractivity contribution in [3.8, 4) is 5.69 Å². The Morgan fingerprint density at radius 1 is 1.37 bits per heavy atom. The van der Waals surface area contributed by atoms with Crippen molar-refractivity contribution < 1.29 is 4.79 Å². The van der Waals surface area contributed by atoms with E-state index in [2.05, 4.69) is 10.3 Å². The first-order valence-corrected chi connectivity index (χ1v) is 6.59. The fourth-order valence-corrected chi connectivity index (χ4v) is 2.46. The van der Waals surface area contributed by atoms with E-state index in [1.807, 2.05) is 25.1 Å². The first-order chi connectivity index (χ1) is 9.17. The molecule has 0 spiro atoms. The summed E-state index contributed by atoms with van der Waals surface area (Å²) in [6.45, 7) is 2.41. The van der Waals surface area contributed by atoms with Crippen LogP contribution in [-0.2, 0) is 6.54 Å². The maximum atomic E-state index is 12.2. The summed E-state index contributed by atoms with van der Waals surface area (Å²) in [6, 6.07) is 8.66. The summed E-state index contributed by atoms with van der Waals surface area (Å²) < 4.78 is 2.98. The van der Waals surface area contributed by atoms with Crippen molar-refractivity contribution in [1.82, 2.24) is 13.8 Å². The summed E-state index contributed by atoms with van der Waals surface area (Å²) in [6.07, 6.45) is 0. The molecule has 0 aliphatic carbocycles. The second-order valence-corrected chi connectivity index (χ2v) is 4.68. The number of aryl methyl sites for hydroxylation is 1. The van der Waals surface area contributed by atoms with Crippen LogP contribution < -0.4 is 15.8 Å². The van der Waals surface area contributed by atoms with Gasteiger partial charge in [0.1, 0.15) is 0 Å². The summed E-state index contributed by atoms with van der Waals surface area (Å²) in [4.78, 5) is 27.9. The molecule has 2 rings (SSSR count). The highest BCUT2D eigenvalue weighted by Gasteiger charge is 2.10. The average molecular weight is 278 g/mol. The smallest absolute Gasteiger partial charge is 0.339 e. The van der Waals surface area contributed by atoms with Crippen LogP contribution in [0.2, 0.25) is 0 Å². The number of hydrogen-bond acceptors (Lipinski definition) is 3. The molecule has 0 atom stereocenters. The summed E-state index contributed by atoms with van der Waals surface area (Å²) >= 11 is 1.16. The molecule has 0 fully saturated rings. The Morgan fingerprint density at radius 2 is 2.05 bits per heavy atom. The maximum absolute atomic E-state index is 12.2. The number of rotatable bonds is 2. The minimum atomic E-state index is -0.478. The van der Waals surface area contributed by atoms with E-state index < -0.39 is 6.03 Å². The van der Waals surface area contributed by atoms with E-state index in [9.17, 15) is 9.59 Å².